The van der Waals surface area contributed by atoms with Gasteiger partial charge < -0.3 is 15.5 Å². The van der Waals surface area contributed by atoms with Gasteiger partial charge in [0.05, 0.1) is 5.92 Å². The average Bonchev–Trinajstić information content (AvgIpc) is 3.35. The van der Waals surface area contributed by atoms with Crippen molar-refractivity contribution in [2.45, 2.75) is 19.8 Å². The predicted octanol–water partition coefficient (Wildman–Crippen LogP) is 3.08. The summed E-state index contributed by atoms with van der Waals surface area (Å²) in [5.74, 6) is -0.989. The van der Waals surface area contributed by atoms with Gasteiger partial charge in [-0.05, 0) is 29.8 Å². The summed E-state index contributed by atoms with van der Waals surface area (Å²) in [6.07, 6.45) is 0.785. The topological polar surface area (TPSA) is 104 Å². The van der Waals surface area contributed by atoms with E-state index in [1.165, 1.54) is 18.3 Å². The van der Waals surface area contributed by atoms with E-state index >= 15 is 0 Å². The molecule has 0 saturated carbocycles. The minimum atomic E-state index is -0.469. The zero-order chi connectivity index (χ0) is 21.8. The molecule has 1 atom stereocenters. The fourth-order valence-corrected chi connectivity index (χ4v) is 4.19. The predicted molar refractivity (Wildman–Crippen MR) is 119 cm³/mol. The standard InChI is InChI=1S/C22H21N5O3S/c1-14(28)23-17-7-9-18(10-8-17)27-13-16(12-20(27)29)21(30)24-22-26-25-19(31-22)11-15-5-3-2-4-6-15/h2-10,16H,11-13H2,1H3,(H,23,28)(H,24,26,30). The molecule has 1 aliphatic rings. The molecule has 158 valence electrons. The third-order valence-electron chi connectivity index (χ3n) is 4.89. The number of anilines is 3. The Hall–Kier alpha value is -3.59. The number of benzene rings is 2. The van der Waals surface area contributed by atoms with Crippen molar-refractivity contribution < 1.29 is 14.4 Å². The van der Waals surface area contributed by atoms with Crippen LogP contribution in [0.15, 0.2) is 54.6 Å². The number of aromatic nitrogens is 2. The number of hydrogen-bond donors (Lipinski definition) is 2. The fourth-order valence-electron chi connectivity index (χ4n) is 3.41. The van der Waals surface area contributed by atoms with Crippen LogP contribution in [0.25, 0.3) is 0 Å². The molecule has 0 spiro atoms. The molecule has 3 amide bonds. The first kappa shape index (κ1) is 20.7. The summed E-state index contributed by atoms with van der Waals surface area (Å²) in [5, 5.41) is 14.9. The van der Waals surface area contributed by atoms with Crippen LogP contribution >= 0.6 is 11.3 Å². The van der Waals surface area contributed by atoms with Crippen molar-refractivity contribution in [2.24, 2.45) is 5.92 Å². The van der Waals surface area contributed by atoms with Gasteiger partial charge in [0.15, 0.2) is 0 Å². The maximum atomic E-state index is 12.7. The molecule has 2 N–H and O–H groups in total. The van der Waals surface area contributed by atoms with Gasteiger partial charge >= 0.3 is 0 Å². The molecule has 1 saturated heterocycles. The number of carbonyl (C=O) groups is 3. The van der Waals surface area contributed by atoms with Crippen molar-refractivity contribution in [3.63, 3.8) is 0 Å². The Bertz CT molecular complexity index is 1100. The molecule has 1 unspecified atom stereocenters. The fraction of sp³-hybridized carbons (Fsp3) is 0.227. The highest BCUT2D eigenvalue weighted by Crippen LogP contribution is 2.28. The molecular formula is C22H21N5O3S. The minimum absolute atomic E-state index is 0.116. The van der Waals surface area contributed by atoms with E-state index in [-0.39, 0.29) is 24.1 Å². The smallest absolute Gasteiger partial charge is 0.231 e. The van der Waals surface area contributed by atoms with Gasteiger partial charge in [0.2, 0.25) is 22.9 Å². The molecule has 1 aliphatic heterocycles. The lowest BCUT2D eigenvalue weighted by atomic mass is 10.1. The first-order valence-corrected chi connectivity index (χ1v) is 10.6. The van der Waals surface area contributed by atoms with Crippen molar-refractivity contribution >= 4 is 45.6 Å². The van der Waals surface area contributed by atoms with Crippen molar-refractivity contribution in [3.05, 3.63) is 65.2 Å². The number of hydrogen-bond acceptors (Lipinski definition) is 6. The van der Waals surface area contributed by atoms with Crippen molar-refractivity contribution in [1.29, 1.82) is 0 Å². The summed E-state index contributed by atoms with van der Waals surface area (Å²) in [7, 11) is 0. The van der Waals surface area contributed by atoms with Crippen LogP contribution in [-0.2, 0) is 20.8 Å². The molecule has 9 heteroatoms. The van der Waals surface area contributed by atoms with Crippen molar-refractivity contribution in [3.8, 4) is 0 Å². The first-order valence-electron chi connectivity index (χ1n) is 9.83. The Kier molecular flexibility index (Phi) is 6.03. The van der Waals surface area contributed by atoms with E-state index in [2.05, 4.69) is 20.8 Å². The summed E-state index contributed by atoms with van der Waals surface area (Å²) in [4.78, 5) is 37.9. The number of amides is 3. The molecular weight excluding hydrogens is 414 g/mol. The SMILES string of the molecule is CC(=O)Nc1ccc(N2CC(C(=O)Nc3nnc(Cc4ccccc4)s3)CC2=O)cc1. The number of nitrogens with one attached hydrogen (secondary N) is 2. The maximum Gasteiger partial charge on any atom is 0.231 e. The summed E-state index contributed by atoms with van der Waals surface area (Å²) < 4.78 is 0. The lowest BCUT2D eigenvalue weighted by Gasteiger charge is -2.17. The molecule has 0 aliphatic carbocycles. The Morgan fingerprint density at radius 1 is 1.06 bits per heavy atom. The molecule has 8 nitrogen and oxygen atoms in total. The van der Waals surface area contributed by atoms with Gasteiger partial charge in [0.1, 0.15) is 5.01 Å². The van der Waals surface area contributed by atoms with Gasteiger partial charge in [-0.1, -0.05) is 41.7 Å². The molecule has 31 heavy (non-hydrogen) atoms. The first-order chi connectivity index (χ1) is 15.0. The van der Waals surface area contributed by atoms with E-state index < -0.39 is 5.92 Å². The highest BCUT2D eigenvalue weighted by Gasteiger charge is 2.35. The van der Waals surface area contributed by atoms with Crippen LogP contribution in [0.4, 0.5) is 16.5 Å². The normalized spacial score (nSPS) is 15.7. The Morgan fingerprint density at radius 3 is 2.52 bits per heavy atom. The molecule has 1 fully saturated rings. The van der Waals surface area contributed by atoms with E-state index in [4.69, 9.17) is 0 Å². The quantitative estimate of drug-likeness (QED) is 0.619. The summed E-state index contributed by atoms with van der Waals surface area (Å²) in [6, 6.07) is 16.9. The van der Waals surface area contributed by atoms with Crippen molar-refractivity contribution in [1.82, 2.24) is 10.2 Å². The van der Waals surface area contributed by atoms with Crippen LogP contribution in [0.1, 0.15) is 23.9 Å². The van der Waals surface area contributed by atoms with Gasteiger partial charge in [-0.2, -0.15) is 0 Å². The van der Waals surface area contributed by atoms with E-state index in [0.717, 1.165) is 10.6 Å². The van der Waals surface area contributed by atoms with Crippen LogP contribution < -0.4 is 15.5 Å². The van der Waals surface area contributed by atoms with Gasteiger partial charge in [-0.15, -0.1) is 10.2 Å². The number of nitrogens with zero attached hydrogens (tertiary/aromatic N) is 3. The molecule has 2 heterocycles. The van der Waals surface area contributed by atoms with Crippen LogP contribution in [-0.4, -0.2) is 34.5 Å². The highest BCUT2D eigenvalue weighted by molar-refractivity contribution is 7.15. The summed E-state index contributed by atoms with van der Waals surface area (Å²) >= 11 is 1.33. The second kappa shape index (κ2) is 9.05. The number of carbonyl (C=O) groups excluding carboxylic acids is 3. The second-order valence-corrected chi connectivity index (χ2v) is 8.35. The molecule has 4 rings (SSSR count). The van der Waals surface area contributed by atoms with Crippen molar-refractivity contribution in [2.75, 3.05) is 22.1 Å². The van der Waals surface area contributed by atoms with Crippen LogP contribution in [0.2, 0.25) is 0 Å². The lowest BCUT2D eigenvalue weighted by molar-refractivity contribution is -0.122. The third-order valence-corrected chi connectivity index (χ3v) is 5.73. The summed E-state index contributed by atoms with van der Waals surface area (Å²) in [5.41, 5.74) is 2.47. The van der Waals surface area contributed by atoms with Crippen LogP contribution in [0, 0.1) is 5.92 Å². The zero-order valence-electron chi connectivity index (χ0n) is 16.9. The van der Waals surface area contributed by atoms with Gasteiger partial charge in [0, 0.05) is 37.7 Å². The van der Waals surface area contributed by atoms with Gasteiger partial charge in [0.25, 0.3) is 0 Å². The lowest BCUT2D eigenvalue weighted by Crippen LogP contribution is -2.28. The second-order valence-electron chi connectivity index (χ2n) is 7.29. The number of rotatable bonds is 6. The van der Waals surface area contributed by atoms with E-state index in [9.17, 15) is 14.4 Å². The molecule has 1 aromatic heterocycles. The monoisotopic (exact) mass is 435 g/mol. The van der Waals surface area contributed by atoms with Crippen LogP contribution in [0.3, 0.4) is 0 Å². The molecule has 0 bridgehead atoms. The largest absolute Gasteiger partial charge is 0.326 e. The highest BCUT2D eigenvalue weighted by atomic mass is 32.1. The maximum absolute atomic E-state index is 12.7. The Morgan fingerprint density at radius 2 is 1.81 bits per heavy atom. The third kappa shape index (κ3) is 5.13. The molecule has 3 aromatic rings. The van der Waals surface area contributed by atoms with Gasteiger partial charge in [-0.25, -0.2) is 0 Å². The molecule has 2 aromatic carbocycles. The molecule has 0 radical (unpaired) electrons. The minimum Gasteiger partial charge on any atom is -0.326 e. The summed E-state index contributed by atoms with van der Waals surface area (Å²) in [6.45, 7) is 1.73. The Balaban J connectivity index is 1.36. The zero-order valence-corrected chi connectivity index (χ0v) is 17.7. The van der Waals surface area contributed by atoms with Crippen LogP contribution in [0.5, 0.6) is 0 Å². The van der Waals surface area contributed by atoms with Gasteiger partial charge in [-0.3, -0.25) is 14.4 Å². The average molecular weight is 436 g/mol. The van der Waals surface area contributed by atoms with E-state index in [1.54, 1.807) is 29.2 Å². The Labute approximate surface area is 183 Å². The van der Waals surface area contributed by atoms with E-state index in [0.29, 0.717) is 29.5 Å². The van der Waals surface area contributed by atoms with E-state index in [1.807, 2.05) is 30.3 Å².